The van der Waals surface area contributed by atoms with E-state index in [9.17, 15) is 13.2 Å². The quantitative estimate of drug-likeness (QED) is 0.767. The number of hydrogen-bond acceptors (Lipinski definition) is 3. The van der Waals surface area contributed by atoms with Gasteiger partial charge in [0, 0.05) is 5.69 Å². The molecular formula is C20H26N3O3S+. The lowest BCUT2D eigenvalue weighted by molar-refractivity contribution is -0.917. The Bertz CT molecular complexity index is 849. The molecule has 27 heavy (non-hydrogen) atoms. The van der Waals surface area contributed by atoms with Crippen molar-refractivity contribution >= 4 is 21.6 Å². The summed E-state index contributed by atoms with van der Waals surface area (Å²) < 4.78 is 26.8. The van der Waals surface area contributed by atoms with Crippen molar-refractivity contribution in [2.24, 2.45) is 0 Å². The van der Waals surface area contributed by atoms with Crippen LogP contribution in [0.25, 0.3) is 0 Å². The second-order valence-corrected chi connectivity index (χ2v) is 8.84. The van der Waals surface area contributed by atoms with Crippen molar-refractivity contribution in [2.75, 3.05) is 31.5 Å². The first-order valence-electron chi connectivity index (χ1n) is 9.18. The van der Waals surface area contributed by atoms with E-state index in [1.807, 2.05) is 67.6 Å². The third-order valence-corrected chi connectivity index (χ3v) is 6.85. The summed E-state index contributed by atoms with van der Waals surface area (Å²) in [5.41, 5.74) is 1.57. The van der Waals surface area contributed by atoms with Crippen LogP contribution in [0, 0.1) is 0 Å². The highest BCUT2D eigenvalue weighted by molar-refractivity contribution is 7.88. The van der Waals surface area contributed by atoms with Crippen LogP contribution in [0.2, 0.25) is 0 Å². The van der Waals surface area contributed by atoms with Crippen molar-refractivity contribution in [1.82, 2.24) is 4.31 Å². The summed E-state index contributed by atoms with van der Waals surface area (Å²) in [5.74, 6) is -0.0236. The van der Waals surface area contributed by atoms with Gasteiger partial charge in [-0.3, -0.25) is 4.79 Å². The molecule has 1 amide bonds. The van der Waals surface area contributed by atoms with Gasteiger partial charge in [-0.2, -0.15) is 4.31 Å². The van der Waals surface area contributed by atoms with Crippen molar-refractivity contribution in [3.05, 3.63) is 66.2 Å². The summed E-state index contributed by atoms with van der Waals surface area (Å²) in [6, 6.07) is 18.4. The fraction of sp³-hybridized carbons (Fsp3) is 0.350. The number of benzene rings is 2. The molecule has 0 spiro atoms. The zero-order valence-electron chi connectivity index (χ0n) is 15.5. The van der Waals surface area contributed by atoms with E-state index in [1.54, 1.807) is 4.31 Å². The van der Waals surface area contributed by atoms with E-state index in [-0.39, 0.29) is 17.7 Å². The Morgan fingerprint density at radius 3 is 2.19 bits per heavy atom. The molecule has 0 saturated carbocycles. The second-order valence-electron chi connectivity index (χ2n) is 6.88. The van der Waals surface area contributed by atoms with Gasteiger partial charge in [0.15, 0.2) is 6.04 Å². The number of rotatable bonds is 6. The minimum Gasteiger partial charge on any atom is -0.323 e. The summed E-state index contributed by atoms with van der Waals surface area (Å²) in [6.45, 7) is 4.01. The van der Waals surface area contributed by atoms with Gasteiger partial charge in [-0.15, -0.1) is 0 Å². The zero-order chi connectivity index (χ0) is 19.3. The van der Waals surface area contributed by atoms with Crippen LogP contribution in [0.4, 0.5) is 5.69 Å². The Balaban J connectivity index is 1.54. The molecule has 0 unspecified atom stereocenters. The third kappa shape index (κ3) is 5.15. The topological polar surface area (TPSA) is 70.9 Å². The third-order valence-electron chi connectivity index (χ3n) is 5.00. The van der Waals surface area contributed by atoms with Crippen molar-refractivity contribution in [3.63, 3.8) is 0 Å². The van der Waals surface area contributed by atoms with Crippen LogP contribution in [0.15, 0.2) is 60.7 Å². The average molecular weight is 389 g/mol. The van der Waals surface area contributed by atoms with Crippen LogP contribution in [-0.4, -0.2) is 50.9 Å². The molecular weight excluding hydrogens is 362 g/mol. The average Bonchev–Trinajstić information content (AvgIpc) is 2.69. The number of carbonyl (C=O) groups excluding carboxylic acids is 1. The highest BCUT2D eigenvalue weighted by atomic mass is 32.2. The Labute approximate surface area is 160 Å². The van der Waals surface area contributed by atoms with Crippen LogP contribution in [0.3, 0.4) is 0 Å². The highest BCUT2D eigenvalue weighted by Gasteiger charge is 2.33. The molecule has 7 heteroatoms. The predicted molar refractivity (Wildman–Crippen MR) is 106 cm³/mol. The number of piperazine rings is 1. The van der Waals surface area contributed by atoms with Gasteiger partial charge >= 0.3 is 0 Å². The molecule has 0 bridgehead atoms. The molecule has 1 heterocycles. The minimum atomic E-state index is -3.33. The molecule has 2 N–H and O–H groups in total. The Hall–Kier alpha value is -2.22. The van der Waals surface area contributed by atoms with Crippen molar-refractivity contribution in [2.45, 2.75) is 18.7 Å². The van der Waals surface area contributed by atoms with E-state index in [0.29, 0.717) is 26.2 Å². The lowest BCUT2D eigenvalue weighted by Crippen LogP contribution is -3.19. The lowest BCUT2D eigenvalue weighted by Gasteiger charge is -2.34. The highest BCUT2D eigenvalue weighted by Crippen LogP contribution is 2.11. The number of quaternary nitrogens is 1. The predicted octanol–water partition coefficient (Wildman–Crippen LogP) is 0.744. The molecule has 0 radical (unpaired) electrons. The number of amides is 1. The fourth-order valence-corrected chi connectivity index (χ4v) is 4.85. The van der Waals surface area contributed by atoms with E-state index < -0.39 is 10.0 Å². The van der Waals surface area contributed by atoms with E-state index in [0.717, 1.165) is 16.2 Å². The van der Waals surface area contributed by atoms with Crippen molar-refractivity contribution in [1.29, 1.82) is 0 Å². The van der Waals surface area contributed by atoms with Gasteiger partial charge in [-0.25, -0.2) is 8.42 Å². The van der Waals surface area contributed by atoms with Crippen LogP contribution < -0.4 is 10.2 Å². The Morgan fingerprint density at radius 1 is 1.04 bits per heavy atom. The molecule has 1 aliphatic rings. The molecule has 1 saturated heterocycles. The molecule has 0 aliphatic carbocycles. The summed E-state index contributed by atoms with van der Waals surface area (Å²) >= 11 is 0. The molecule has 1 atom stereocenters. The Morgan fingerprint density at radius 2 is 1.59 bits per heavy atom. The number of hydrogen-bond donors (Lipinski definition) is 2. The van der Waals surface area contributed by atoms with Gasteiger partial charge in [0.05, 0.1) is 31.9 Å². The molecule has 3 rings (SSSR count). The number of anilines is 1. The molecule has 6 nitrogen and oxygen atoms in total. The van der Waals surface area contributed by atoms with Gasteiger partial charge in [0.1, 0.15) is 0 Å². The second kappa shape index (κ2) is 8.65. The maximum absolute atomic E-state index is 12.6. The summed E-state index contributed by atoms with van der Waals surface area (Å²) in [6.07, 6.45) is 0. The first-order valence-corrected chi connectivity index (χ1v) is 10.8. The van der Waals surface area contributed by atoms with E-state index in [2.05, 4.69) is 5.32 Å². The van der Waals surface area contributed by atoms with Gasteiger partial charge in [0.2, 0.25) is 10.0 Å². The van der Waals surface area contributed by atoms with Crippen LogP contribution in [0.5, 0.6) is 0 Å². The normalized spacial score (nSPS) is 17.4. The molecule has 2 aromatic rings. The molecule has 1 fully saturated rings. The van der Waals surface area contributed by atoms with Crippen LogP contribution in [0.1, 0.15) is 12.5 Å². The van der Waals surface area contributed by atoms with Crippen molar-refractivity contribution < 1.29 is 18.1 Å². The number of nitrogens with zero attached hydrogens (tertiary/aromatic N) is 1. The summed E-state index contributed by atoms with van der Waals surface area (Å²) in [5, 5.41) is 2.92. The molecule has 1 aliphatic heterocycles. The van der Waals surface area contributed by atoms with E-state index in [4.69, 9.17) is 0 Å². The van der Waals surface area contributed by atoms with Crippen LogP contribution >= 0.6 is 0 Å². The van der Waals surface area contributed by atoms with Gasteiger partial charge < -0.3 is 10.2 Å². The maximum atomic E-state index is 12.6. The standard InChI is InChI=1S/C20H25N3O3S/c1-17(20(24)21-19-10-6-3-7-11-19)22-12-14-23(15-13-22)27(25,26)16-18-8-4-2-5-9-18/h2-11,17H,12-16H2,1H3,(H,21,24)/p+1/t17-/m1/s1. The number of para-hydroxylation sites is 1. The maximum Gasteiger partial charge on any atom is 0.282 e. The van der Waals surface area contributed by atoms with Gasteiger partial charge in [-0.05, 0) is 24.6 Å². The van der Waals surface area contributed by atoms with Crippen molar-refractivity contribution in [3.8, 4) is 0 Å². The molecule has 0 aromatic heterocycles. The smallest absolute Gasteiger partial charge is 0.282 e. The number of nitrogens with one attached hydrogen (secondary N) is 2. The van der Waals surface area contributed by atoms with E-state index >= 15 is 0 Å². The fourth-order valence-electron chi connectivity index (χ4n) is 3.32. The number of sulfonamides is 1. The van der Waals surface area contributed by atoms with Crippen LogP contribution in [-0.2, 0) is 20.6 Å². The first kappa shape index (κ1) is 19.5. The molecule has 144 valence electrons. The van der Waals surface area contributed by atoms with E-state index in [1.165, 1.54) is 0 Å². The SMILES string of the molecule is C[C@H](C(=O)Nc1ccccc1)[NH+]1CCN(S(=O)(=O)Cc2ccccc2)CC1. The molecule has 2 aromatic carbocycles. The first-order chi connectivity index (χ1) is 13.0. The largest absolute Gasteiger partial charge is 0.323 e. The van der Waals surface area contributed by atoms with Gasteiger partial charge in [0.25, 0.3) is 5.91 Å². The Kier molecular flexibility index (Phi) is 6.26. The summed E-state index contributed by atoms with van der Waals surface area (Å²) in [7, 11) is -3.33. The minimum absolute atomic E-state index is 0.0211. The van der Waals surface area contributed by atoms with Gasteiger partial charge in [-0.1, -0.05) is 48.5 Å². The lowest BCUT2D eigenvalue weighted by atomic mass is 10.2. The summed E-state index contributed by atoms with van der Waals surface area (Å²) in [4.78, 5) is 13.6. The zero-order valence-corrected chi connectivity index (χ0v) is 16.3. The monoisotopic (exact) mass is 388 g/mol. The number of carbonyl (C=O) groups is 1.